The van der Waals surface area contributed by atoms with Gasteiger partial charge < -0.3 is 9.55 Å². The van der Waals surface area contributed by atoms with E-state index < -0.39 is 0 Å². The smallest absolute Gasteiger partial charge is 0.260 e. The predicted octanol–water partition coefficient (Wildman–Crippen LogP) is 4.70. The normalized spacial score (nSPS) is 17.7. The Morgan fingerprint density at radius 2 is 2.21 bits per heavy atom. The van der Waals surface area contributed by atoms with Crippen LogP contribution in [0.2, 0.25) is 0 Å². The van der Waals surface area contributed by atoms with Crippen LogP contribution in [-0.2, 0) is 13.6 Å². The molecule has 5 heterocycles. The SMILES string of the molecule is Cc1ccc(-c2csc3nc(CN4CCCC4c4cccn4C)[nH]c(=O)c23)s1. The van der Waals surface area contributed by atoms with E-state index in [0.717, 1.165) is 39.4 Å². The molecule has 28 heavy (non-hydrogen) atoms. The number of hydrogen-bond donors (Lipinski definition) is 1. The molecule has 144 valence electrons. The van der Waals surface area contributed by atoms with Crippen LogP contribution in [-0.4, -0.2) is 26.0 Å². The van der Waals surface area contributed by atoms with Gasteiger partial charge in [0.1, 0.15) is 10.7 Å². The third-order valence-electron chi connectivity index (χ3n) is 5.54. The number of aromatic amines is 1. The number of nitrogens with zero attached hydrogens (tertiary/aromatic N) is 3. The van der Waals surface area contributed by atoms with Crippen molar-refractivity contribution in [1.29, 1.82) is 0 Å². The Labute approximate surface area is 171 Å². The molecule has 0 saturated carbocycles. The second-order valence-corrected chi connectivity index (χ2v) is 9.57. The summed E-state index contributed by atoms with van der Waals surface area (Å²) < 4.78 is 2.19. The van der Waals surface area contributed by atoms with Crippen LogP contribution in [0.25, 0.3) is 20.7 Å². The summed E-state index contributed by atoms with van der Waals surface area (Å²) in [6.45, 7) is 3.79. The van der Waals surface area contributed by atoms with Crippen molar-refractivity contribution in [3.05, 3.63) is 62.6 Å². The highest BCUT2D eigenvalue weighted by Crippen LogP contribution is 2.36. The number of thiophene rings is 2. The minimum Gasteiger partial charge on any atom is -0.353 e. The van der Waals surface area contributed by atoms with Crippen LogP contribution >= 0.6 is 22.7 Å². The summed E-state index contributed by atoms with van der Waals surface area (Å²) in [6.07, 6.45) is 4.41. The summed E-state index contributed by atoms with van der Waals surface area (Å²) in [5, 5.41) is 2.78. The van der Waals surface area contributed by atoms with E-state index in [1.807, 2.05) is 0 Å². The van der Waals surface area contributed by atoms with E-state index in [1.165, 1.54) is 17.0 Å². The Balaban J connectivity index is 1.47. The van der Waals surface area contributed by atoms with Gasteiger partial charge in [-0.15, -0.1) is 22.7 Å². The van der Waals surface area contributed by atoms with Gasteiger partial charge in [0.25, 0.3) is 5.56 Å². The number of aromatic nitrogens is 3. The fourth-order valence-corrected chi connectivity index (χ4v) is 6.11. The quantitative estimate of drug-likeness (QED) is 0.531. The highest BCUT2D eigenvalue weighted by molar-refractivity contribution is 7.19. The van der Waals surface area contributed by atoms with Crippen molar-refractivity contribution >= 4 is 32.9 Å². The number of fused-ring (bicyclic) bond motifs is 1. The van der Waals surface area contributed by atoms with E-state index in [-0.39, 0.29) is 5.56 Å². The third kappa shape index (κ3) is 3.03. The van der Waals surface area contributed by atoms with E-state index in [1.54, 1.807) is 22.7 Å². The van der Waals surface area contributed by atoms with Crippen molar-refractivity contribution < 1.29 is 0 Å². The zero-order chi connectivity index (χ0) is 19.3. The van der Waals surface area contributed by atoms with Crippen LogP contribution < -0.4 is 5.56 Å². The van der Waals surface area contributed by atoms with Gasteiger partial charge in [0.2, 0.25) is 0 Å². The van der Waals surface area contributed by atoms with Gasteiger partial charge in [-0.05, 0) is 50.6 Å². The lowest BCUT2D eigenvalue weighted by Crippen LogP contribution is -2.26. The zero-order valence-electron chi connectivity index (χ0n) is 15.9. The fraction of sp³-hybridized carbons (Fsp3) is 0.333. The summed E-state index contributed by atoms with van der Waals surface area (Å²) in [5.74, 6) is 0.759. The van der Waals surface area contributed by atoms with Crippen LogP contribution in [0.15, 0.2) is 40.6 Å². The Morgan fingerprint density at radius 1 is 1.32 bits per heavy atom. The Kier molecular flexibility index (Phi) is 4.45. The van der Waals surface area contributed by atoms with Gasteiger partial charge in [-0.25, -0.2) is 4.98 Å². The highest BCUT2D eigenvalue weighted by Gasteiger charge is 2.28. The molecule has 1 N–H and O–H groups in total. The van der Waals surface area contributed by atoms with Crippen LogP contribution in [0.4, 0.5) is 0 Å². The largest absolute Gasteiger partial charge is 0.353 e. The first kappa shape index (κ1) is 17.8. The van der Waals surface area contributed by atoms with Gasteiger partial charge in [0.05, 0.1) is 18.0 Å². The first-order valence-corrected chi connectivity index (χ1v) is 11.2. The van der Waals surface area contributed by atoms with Crippen LogP contribution in [0, 0.1) is 6.92 Å². The molecule has 0 aliphatic carbocycles. The molecule has 0 aromatic carbocycles. The molecule has 0 amide bonds. The Bertz CT molecular complexity index is 1200. The van der Waals surface area contributed by atoms with Crippen molar-refractivity contribution in [2.75, 3.05) is 6.54 Å². The zero-order valence-corrected chi connectivity index (χ0v) is 17.6. The molecule has 0 bridgehead atoms. The van der Waals surface area contributed by atoms with E-state index in [9.17, 15) is 4.79 Å². The maximum absolute atomic E-state index is 12.9. The summed E-state index contributed by atoms with van der Waals surface area (Å²) in [5.41, 5.74) is 2.30. The molecule has 5 rings (SSSR count). The molecule has 5 nitrogen and oxygen atoms in total. The van der Waals surface area contributed by atoms with Gasteiger partial charge in [-0.3, -0.25) is 9.69 Å². The van der Waals surface area contributed by atoms with Crippen molar-refractivity contribution in [2.45, 2.75) is 32.4 Å². The molecule has 1 fully saturated rings. The highest BCUT2D eigenvalue weighted by atomic mass is 32.1. The first-order chi connectivity index (χ1) is 13.6. The lowest BCUT2D eigenvalue weighted by atomic mass is 10.1. The number of hydrogen-bond acceptors (Lipinski definition) is 5. The van der Waals surface area contributed by atoms with Crippen LogP contribution in [0.5, 0.6) is 0 Å². The number of rotatable bonds is 4. The second-order valence-electron chi connectivity index (χ2n) is 7.42. The van der Waals surface area contributed by atoms with Crippen LogP contribution in [0.1, 0.15) is 35.3 Å². The molecule has 0 radical (unpaired) electrons. The third-order valence-corrected chi connectivity index (χ3v) is 7.45. The van der Waals surface area contributed by atoms with Gasteiger partial charge in [-0.1, -0.05) is 0 Å². The number of likely N-dealkylation sites (tertiary alicyclic amines) is 1. The predicted molar refractivity (Wildman–Crippen MR) is 116 cm³/mol. The molecule has 1 unspecified atom stereocenters. The minimum atomic E-state index is -0.0306. The van der Waals surface area contributed by atoms with Crippen molar-refractivity contribution in [1.82, 2.24) is 19.4 Å². The van der Waals surface area contributed by atoms with Crippen molar-refractivity contribution in [3.8, 4) is 10.4 Å². The molecular formula is C21H22N4OS2. The lowest BCUT2D eigenvalue weighted by molar-refractivity contribution is 0.235. The fourth-order valence-electron chi connectivity index (χ4n) is 4.19. The molecule has 4 aromatic rings. The molecule has 1 atom stereocenters. The topological polar surface area (TPSA) is 53.9 Å². The molecule has 1 aliphatic rings. The number of aryl methyl sites for hydroxylation is 2. The summed E-state index contributed by atoms with van der Waals surface area (Å²) in [4.78, 5) is 26.4. The number of H-pyrrole nitrogens is 1. The standard InChI is InChI=1S/C21H22N4OS2/c1-13-7-8-17(28-13)14-12-27-21-19(14)20(26)22-18(23-21)11-25-10-4-6-16(25)15-5-3-9-24(15)2/h3,5,7-9,12,16H,4,6,10-11H2,1-2H3,(H,22,23,26). The maximum atomic E-state index is 12.9. The average Bonchev–Trinajstić information content (AvgIpc) is 3.42. The van der Waals surface area contributed by atoms with Crippen LogP contribution in [0.3, 0.4) is 0 Å². The van der Waals surface area contributed by atoms with Gasteiger partial charge in [-0.2, -0.15) is 0 Å². The monoisotopic (exact) mass is 410 g/mol. The second kappa shape index (κ2) is 6.99. The molecule has 1 aliphatic heterocycles. The molecule has 1 saturated heterocycles. The summed E-state index contributed by atoms with van der Waals surface area (Å²) in [7, 11) is 2.09. The summed E-state index contributed by atoms with van der Waals surface area (Å²) >= 11 is 3.27. The van der Waals surface area contributed by atoms with E-state index in [2.05, 4.69) is 64.3 Å². The van der Waals surface area contributed by atoms with Gasteiger partial charge in [0, 0.05) is 39.6 Å². The Morgan fingerprint density at radius 3 is 2.96 bits per heavy atom. The van der Waals surface area contributed by atoms with E-state index in [0.29, 0.717) is 12.6 Å². The molecule has 7 heteroatoms. The Hall–Kier alpha value is -2.22. The van der Waals surface area contributed by atoms with Gasteiger partial charge in [0.15, 0.2) is 0 Å². The average molecular weight is 411 g/mol. The molecule has 4 aromatic heterocycles. The minimum absolute atomic E-state index is 0.0306. The summed E-state index contributed by atoms with van der Waals surface area (Å²) in [6, 6.07) is 8.85. The van der Waals surface area contributed by atoms with Gasteiger partial charge >= 0.3 is 0 Å². The number of nitrogens with one attached hydrogen (secondary N) is 1. The van der Waals surface area contributed by atoms with E-state index >= 15 is 0 Å². The lowest BCUT2D eigenvalue weighted by Gasteiger charge is -2.24. The molecule has 0 spiro atoms. The first-order valence-electron chi connectivity index (χ1n) is 9.52. The van der Waals surface area contributed by atoms with Crippen molar-refractivity contribution in [2.24, 2.45) is 7.05 Å². The molecular weight excluding hydrogens is 388 g/mol. The van der Waals surface area contributed by atoms with Crippen molar-refractivity contribution in [3.63, 3.8) is 0 Å². The maximum Gasteiger partial charge on any atom is 0.260 e. The van der Waals surface area contributed by atoms with E-state index in [4.69, 9.17) is 4.98 Å².